The van der Waals surface area contributed by atoms with Crippen molar-refractivity contribution in [2.45, 2.75) is 26.8 Å². The number of nitrogens with zero attached hydrogens (tertiary/aromatic N) is 1. The summed E-state index contributed by atoms with van der Waals surface area (Å²) in [6.07, 6.45) is 0. The van der Waals surface area contributed by atoms with Gasteiger partial charge in [0.05, 0.1) is 0 Å². The molecule has 0 saturated heterocycles. The average molecular weight is 134 g/mol. The first-order valence-corrected chi connectivity index (χ1v) is 3.11. The molecule has 0 radical (unpaired) electrons. The molecule has 0 aliphatic heterocycles. The minimum absolute atomic E-state index is 0.0879. The van der Waals surface area contributed by atoms with Gasteiger partial charge in [-0.2, -0.15) is 4.84 Å². The quantitative estimate of drug-likeness (QED) is 0.322. The standard InChI is InChI=1S/C5H16N3O/c1-4-9-8(6,7)5(2)3/h5H,4,6-7H2,1-3H3/q+1. The molecular formula is C5H16N3O+. The monoisotopic (exact) mass is 134 g/mol. The average Bonchev–Trinajstić information content (AvgIpc) is 1.65. The molecule has 4 heteroatoms. The van der Waals surface area contributed by atoms with Crippen molar-refractivity contribution < 1.29 is 9.70 Å². The fraction of sp³-hybridized carbons (Fsp3) is 1.00. The molecule has 0 aliphatic carbocycles. The van der Waals surface area contributed by atoms with Gasteiger partial charge in [-0.05, 0) is 25.6 Å². The van der Waals surface area contributed by atoms with Crippen molar-refractivity contribution in [2.75, 3.05) is 6.61 Å². The zero-order chi connectivity index (χ0) is 7.49. The maximum atomic E-state index is 5.46. The van der Waals surface area contributed by atoms with Gasteiger partial charge in [0.2, 0.25) is 0 Å². The SMILES string of the molecule is CCO[N+](N)(N)C(C)C. The van der Waals surface area contributed by atoms with Crippen LogP contribution in [0.3, 0.4) is 0 Å². The first-order chi connectivity index (χ1) is 4.00. The van der Waals surface area contributed by atoms with Crippen LogP contribution in [0.25, 0.3) is 0 Å². The zero-order valence-corrected chi connectivity index (χ0v) is 6.29. The van der Waals surface area contributed by atoms with E-state index in [0.717, 1.165) is 0 Å². The molecule has 0 atom stereocenters. The molecule has 9 heavy (non-hydrogen) atoms. The minimum atomic E-state index is -0.351. The molecule has 0 bridgehead atoms. The smallest absolute Gasteiger partial charge is 0.152 e. The Morgan fingerprint density at radius 3 is 2.00 bits per heavy atom. The van der Waals surface area contributed by atoms with Crippen LogP contribution in [0, 0.1) is 0 Å². The molecule has 0 aromatic heterocycles. The summed E-state index contributed by atoms with van der Waals surface area (Å²) in [4.78, 5) is 4.63. The summed E-state index contributed by atoms with van der Waals surface area (Å²) in [6, 6.07) is 0.0879. The lowest BCUT2D eigenvalue weighted by atomic mass is 10.4. The summed E-state index contributed by atoms with van der Waals surface area (Å²) in [5.74, 6) is 10.9. The molecule has 0 spiro atoms. The van der Waals surface area contributed by atoms with Gasteiger partial charge >= 0.3 is 0 Å². The maximum absolute atomic E-state index is 5.46. The van der Waals surface area contributed by atoms with E-state index >= 15 is 0 Å². The predicted molar refractivity (Wildman–Crippen MR) is 35.4 cm³/mol. The number of hydrogen-bond acceptors (Lipinski definition) is 3. The first-order valence-electron chi connectivity index (χ1n) is 3.11. The third-order valence-electron chi connectivity index (χ3n) is 1.16. The number of nitrogens with two attached hydrogens (primary N) is 2. The second-order valence-corrected chi connectivity index (χ2v) is 2.27. The van der Waals surface area contributed by atoms with Crippen LogP contribution in [0.4, 0.5) is 0 Å². The van der Waals surface area contributed by atoms with E-state index in [4.69, 9.17) is 16.5 Å². The Hall–Kier alpha value is -0.160. The molecule has 0 unspecified atom stereocenters. The molecule has 0 fully saturated rings. The van der Waals surface area contributed by atoms with Gasteiger partial charge in [-0.15, -0.1) is 11.7 Å². The van der Waals surface area contributed by atoms with Crippen molar-refractivity contribution in [3.05, 3.63) is 0 Å². The van der Waals surface area contributed by atoms with Crippen LogP contribution < -0.4 is 11.7 Å². The van der Waals surface area contributed by atoms with Crippen molar-refractivity contribution in [3.8, 4) is 0 Å². The van der Waals surface area contributed by atoms with E-state index in [9.17, 15) is 0 Å². The fourth-order valence-corrected chi connectivity index (χ4v) is 0.373. The van der Waals surface area contributed by atoms with E-state index in [-0.39, 0.29) is 10.9 Å². The van der Waals surface area contributed by atoms with Gasteiger partial charge in [0, 0.05) is 0 Å². The van der Waals surface area contributed by atoms with Crippen LogP contribution in [0.1, 0.15) is 20.8 Å². The Morgan fingerprint density at radius 2 is 1.89 bits per heavy atom. The molecule has 0 saturated carbocycles. The number of hydrogen-bond donors (Lipinski definition) is 2. The van der Waals surface area contributed by atoms with E-state index in [2.05, 4.69) is 0 Å². The Labute approximate surface area is 55.9 Å². The molecule has 0 aromatic rings. The lowest BCUT2D eigenvalue weighted by Gasteiger charge is -2.26. The second kappa shape index (κ2) is 3.12. The topological polar surface area (TPSA) is 61.3 Å². The van der Waals surface area contributed by atoms with Crippen LogP contribution in [0.15, 0.2) is 0 Å². The van der Waals surface area contributed by atoms with Crippen LogP contribution in [0.2, 0.25) is 0 Å². The highest BCUT2D eigenvalue weighted by Gasteiger charge is 2.23. The molecule has 0 aliphatic rings. The summed E-state index contributed by atoms with van der Waals surface area (Å²) in [5, 5.41) is 0. The van der Waals surface area contributed by atoms with E-state index in [0.29, 0.717) is 6.61 Å². The maximum Gasteiger partial charge on any atom is 0.152 e. The third-order valence-corrected chi connectivity index (χ3v) is 1.16. The van der Waals surface area contributed by atoms with Gasteiger partial charge in [-0.1, -0.05) is 0 Å². The number of rotatable bonds is 3. The Bertz CT molecular complexity index is 82.3. The van der Waals surface area contributed by atoms with Gasteiger partial charge in [0.1, 0.15) is 6.61 Å². The minimum Gasteiger partial charge on any atom is -0.161 e. The van der Waals surface area contributed by atoms with Crippen LogP contribution >= 0.6 is 0 Å². The zero-order valence-electron chi connectivity index (χ0n) is 6.29. The molecule has 0 amide bonds. The third kappa shape index (κ3) is 2.76. The molecule has 0 rings (SSSR count). The van der Waals surface area contributed by atoms with Crippen LogP contribution in [-0.2, 0) is 4.84 Å². The second-order valence-electron chi connectivity index (χ2n) is 2.27. The van der Waals surface area contributed by atoms with Crippen LogP contribution in [0.5, 0.6) is 0 Å². The molecule has 56 valence electrons. The molecule has 4 nitrogen and oxygen atoms in total. The predicted octanol–water partition coefficient (Wildman–Crippen LogP) is -0.0895. The largest absolute Gasteiger partial charge is 0.161 e. The van der Waals surface area contributed by atoms with Gasteiger partial charge < -0.3 is 0 Å². The Balaban J connectivity index is 3.70. The molecule has 4 N–H and O–H groups in total. The summed E-state index contributed by atoms with van der Waals surface area (Å²) in [6.45, 7) is 6.19. The molecule has 0 aromatic carbocycles. The lowest BCUT2D eigenvalue weighted by molar-refractivity contribution is -1.14. The van der Waals surface area contributed by atoms with E-state index in [1.807, 2.05) is 20.8 Å². The highest BCUT2D eigenvalue weighted by Crippen LogP contribution is 1.97. The van der Waals surface area contributed by atoms with E-state index < -0.39 is 0 Å². The highest BCUT2D eigenvalue weighted by molar-refractivity contribution is 4.27. The van der Waals surface area contributed by atoms with Crippen LogP contribution in [-0.4, -0.2) is 17.5 Å². The summed E-state index contributed by atoms with van der Waals surface area (Å²) < 4.78 is 0. The highest BCUT2D eigenvalue weighted by atomic mass is 16.8. The van der Waals surface area contributed by atoms with Crippen molar-refractivity contribution in [1.29, 1.82) is 0 Å². The van der Waals surface area contributed by atoms with Gasteiger partial charge in [0.25, 0.3) is 0 Å². The van der Waals surface area contributed by atoms with Crippen molar-refractivity contribution >= 4 is 0 Å². The van der Waals surface area contributed by atoms with Gasteiger partial charge in [0.15, 0.2) is 6.04 Å². The normalized spacial score (nSPS) is 12.7. The van der Waals surface area contributed by atoms with Crippen molar-refractivity contribution in [2.24, 2.45) is 11.7 Å². The number of quaternary nitrogens is 1. The first kappa shape index (κ1) is 8.84. The Kier molecular flexibility index (Phi) is 3.07. The summed E-state index contributed by atoms with van der Waals surface area (Å²) in [7, 11) is 0. The van der Waals surface area contributed by atoms with Crippen molar-refractivity contribution in [3.63, 3.8) is 0 Å². The van der Waals surface area contributed by atoms with Gasteiger partial charge in [-0.25, -0.2) is 0 Å². The summed E-state index contributed by atoms with van der Waals surface area (Å²) in [5.41, 5.74) is 0. The van der Waals surface area contributed by atoms with Gasteiger partial charge in [-0.3, -0.25) is 0 Å². The lowest BCUT2D eigenvalue weighted by Crippen LogP contribution is -2.64. The number of hydroxylamine groups is 1. The van der Waals surface area contributed by atoms with E-state index in [1.54, 1.807) is 0 Å². The summed E-state index contributed by atoms with van der Waals surface area (Å²) >= 11 is 0. The molecular weight excluding hydrogens is 118 g/mol. The molecule has 0 heterocycles. The Morgan fingerprint density at radius 1 is 1.44 bits per heavy atom. The van der Waals surface area contributed by atoms with E-state index in [1.165, 1.54) is 0 Å². The van der Waals surface area contributed by atoms with Crippen molar-refractivity contribution in [1.82, 2.24) is 0 Å². The fourth-order valence-electron chi connectivity index (χ4n) is 0.373.